The van der Waals surface area contributed by atoms with Crippen LogP contribution in [0.3, 0.4) is 0 Å². The lowest BCUT2D eigenvalue weighted by molar-refractivity contribution is -0.151. The maximum Gasteiger partial charge on any atom is 0.316 e. The molecule has 0 bridgehead atoms. The molecule has 0 heterocycles. The average molecular weight is 370 g/mol. The summed E-state index contributed by atoms with van der Waals surface area (Å²) in [6, 6.07) is 16.4. The quantitative estimate of drug-likeness (QED) is 0.634. The third kappa shape index (κ3) is 5.83. The number of carbonyl (C=O) groups is 1. The summed E-state index contributed by atoms with van der Waals surface area (Å²) in [6.45, 7) is 6.20. The highest BCUT2D eigenvalue weighted by atomic mass is 16.5. The molecule has 1 unspecified atom stereocenters. The Morgan fingerprint density at radius 1 is 1.00 bits per heavy atom. The molecule has 4 nitrogen and oxygen atoms in total. The number of aromatic hydroxyl groups is 1. The maximum atomic E-state index is 13.0. The molecule has 0 fully saturated rings. The number of hydrogen-bond donors (Lipinski definition) is 2. The van der Waals surface area contributed by atoms with Crippen molar-refractivity contribution in [1.29, 1.82) is 0 Å². The van der Waals surface area contributed by atoms with Crippen molar-refractivity contribution in [3.8, 4) is 5.75 Å². The first-order valence-corrected chi connectivity index (χ1v) is 9.38. The average Bonchev–Trinajstić information content (AvgIpc) is 2.66. The second-order valence-electron chi connectivity index (χ2n) is 8.12. The smallest absolute Gasteiger partial charge is 0.316 e. The minimum absolute atomic E-state index is 0.105. The summed E-state index contributed by atoms with van der Waals surface area (Å²) in [5.41, 5.74) is 0.625. The van der Waals surface area contributed by atoms with Crippen molar-refractivity contribution in [2.45, 2.75) is 52.1 Å². The fraction of sp³-hybridized carbons (Fsp3) is 0.435. The van der Waals surface area contributed by atoms with Gasteiger partial charge in [0.2, 0.25) is 0 Å². The molecule has 0 aliphatic rings. The van der Waals surface area contributed by atoms with Crippen molar-refractivity contribution in [2.24, 2.45) is 5.41 Å². The Morgan fingerprint density at radius 2 is 1.70 bits per heavy atom. The molecule has 0 aromatic heterocycles. The molecule has 2 aromatic carbocycles. The number of carbonyl (C=O) groups excluding carboxylic acids is 1. The number of rotatable bonds is 9. The highest BCUT2D eigenvalue weighted by Crippen LogP contribution is 2.35. The summed E-state index contributed by atoms with van der Waals surface area (Å²) in [7, 11) is 0. The van der Waals surface area contributed by atoms with Crippen molar-refractivity contribution in [3.05, 3.63) is 65.7 Å². The van der Waals surface area contributed by atoms with Gasteiger partial charge in [-0.3, -0.25) is 4.79 Å². The lowest BCUT2D eigenvalue weighted by atomic mass is 9.76. The van der Waals surface area contributed by atoms with Crippen molar-refractivity contribution >= 4 is 5.97 Å². The van der Waals surface area contributed by atoms with Gasteiger partial charge >= 0.3 is 5.97 Å². The predicted molar refractivity (Wildman–Crippen MR) is 106 cm³/mol. The number of hydrogen-bond acceptors (Lipinski definition) is 4. The molecule has 0 aliphatic carbocycles. The molecule has 2 N–H and O–H groups in total. The normalized spacial score (nSPS) is 13.8. The van der Waals surface area contributed by atoms with Gasteiger partial charge in [-0.15, -0.1) is 0 Å². The third-order valence-electron chi connectivity index (χ3n) is 5.10. The number of aliphatic hydroxyl groups is 1. The molecular weight excluding hydrogens is 340 g/mol. The Morgan fingerprint density at radius 3 is 2.33 bits per heavy atom. The molecule has 4 heteroatoms. The van der Waals surface area contributed by atoms with Crippen LogP contribution in [0.25, 0.3) is 0 Å². The van der Waals surface area contributed by atoms with Crippen LogP contribution in [-0.4, -0.2) is 22.8 Å². The predicted octanol–water partition coefficient (Wildman–Crippen LogP) is 4.58. The zero-order chi connectivity index (χ0) is 19.9. The molecule has 146 valence electrons. The Bertz CT molecular complexity index is 739. The highest BCUT2D eigenvalue weighted by molar-refractivity contribution is 5.82. The van der Waals surface area contributed by atoms with Gasteiger partial charge in [0.15, 0.2) is 0 Å². The van der Waals surface area contributed by atoms with E-state index in [-0.39, 0.29) is 30.3 Å². The van der Waals surface area contributed by atoms with Gasteiger partial charge < -0.3 is 14.9 Å². The SMILES string of the molecule is CC(C)(CO)CCCC(C)(C(=O)OCc1ccccc1)c1cccc(O)c1. The van der Waals surface area contributed by atoms with Crippen LogP contribution in [0, 0.1) is 5.41 Å². The van der Waals surface area contributed by atoms with Crippen LogP contribution in [0.15, 0.2) is 54.6 Å². The van der Waals surface area contributed by atoms with E-state index in [4.69, 9.17) is 4.74 Å². The zero-order valence-corrected chi connectivity index (χ0v) is 16.4. The first-order chi connectivity index (χ1) is 12.8. The summed E-state index contributed by atoms with van der Waals surface area (Å²) < 4.78 is 5.63. The van der Waals surface area contributed by atoms with Crippen LogP contribution >= 0.6 is 0 Å². The van der Waals surface area contributed by atoms with Crippen molar-refractivity contribution in [3.63, 3.8) is 0 Å². The minimum atomic E-state index is -0.862. The van der Waals surface area contributed by atoms with E-state index in [2.05, 4.69) is 0 Å². The van der Waals surface area contributed by atoms with Crippen LogP contribution < -0.4 is 0 Å². The van der Waals surface area contributed by atoms with Gasteiger partial charge in [-0.1, -0.05) is 62.7 Å². The fourth-order valence-electron chi connectivity index (χ4n) is 3.10. The number of esters is 1. The molecular formula is C23H30O4. The van der Waals surface area contributed by atoms with Gasteiger partial charge in [-0.05, 0) is 48.4 Å². The van der Waals surface area contributed by atoms with Crippen LogP contribution in [0.4, 0.5) is 0 Å². The second kappa shape index (κ2) is 9.05. The van der Waals surface area contributed by atoms with Crippen molar-refractivity contribution < 1.29 is 19.7 Å². The lowest BCUT2D eigenvalue weighted by Gasteiger charge is -2.30. The fourth-order valence-corrected chi connectivity index (χ4v) is 3.10. The van der Waals surface area contributed by atoms with E-state index >= 15 is 0 Å². The monoisotopic (exact) mass is 370 g/mol. The van der Waals surface area contributed by atoms with E-state index in [0.29, 0.717) is 6.42 Å². The van der Waals surface area contributed by atoms with E-state index in [0.717, 1.165) is 24.0 Å². The molecule has 0 aliphatic heterocycles. The molecule has 0 spiro atoms. The van der Waals surface area contributed by atoms with Gasteiger partial charge in [0, 0.05) is 6.61 Å². The summed E-state index contributed by atoms with van der Waals surface area (Å²) in [5.74, 6) is -0.177. The van der Waals surface area contributed by atoms with Gasteiger partial charge in [0.05, 0.1) is 5.41 Å². The van der Waals surface area contributed by atoms with Crippen molar-refractivity contribution in [2.75, 3.05) is 6.61 Å². The number of benzene rings is 2. The maximum absolute atomic E-state index is 13.0. The van der Waals surface area contributed by atoms with Gasteiger partial charge in [0.1, 0.15) is 12.4 Å². The Hall–Kier alpha value is -2.33. The molecule has 2 rings (SSSR count). The van der Waals surface area contributed by atoms with E-state index < -0.39 is 5.41 Å². The number of ether oxygens (including phenoxy) is 1. The molecule has 0 saturated carbocycles. The third-order valence-corrected chi connectivity index (χ3v) is 5.10. The Kier molecular flexibility index (Phi) is 7.03. The second-order valence-corrected chi connectivity index (χ2v) is 8.12. The summed E-state index contributed by atoms with van der Waals surface area (Å²) in [4.78, 5) is 13.0. The van der Waals surface area contributed by atoms with Crippen LogP contribution in [-0.2, 0) is 21.6 Å². The molecule has 27 heavy (non-hydrogen) atoms. The van der Waals surface area contributed by atoms with Crippen molar-refractivity contribution in [1.82, 2.24) is 0 Å². The summed E-state index contributed by atoms with van der Waals surface area (Å²) >= 11 is 0. The molecule has 0 radical (unpaired) electrons. The van der Waals surface area contributed by atoms with Crippen LogP contribution in [0.2, 0.25) is 0 Å². The Balaban J connectivity index is 2.16. The first-order valence-electron chi connectivity index (χ1n) is 9.38. The van der Waals surface area contributed by atoms with Crippen LogP contribution in [0.5, 0.6) is 5.75 Å². The summed E-state index contributed by atoms with van der Waals surface area (Å²) in [6.07, 6.45) is 2.14. The van der Waals surface area contributed by atoms with Gasteiger partial charge in [0.25, 0.3) is 0 Å². The largest absolute Gasteiger partial charge is 0.508 e. The lowest BCUT2D eigenvalue weighted by Crippen LogP contribution is -2.35. The first kappa shape index (κ1) is 21.0. The minimum Gasteiger partial charge on any atom is -0.508 e. The van der Waals surface area contributed by atoms with E-state index in [1.807, 2.05) is 57.2 Å². The standard InChI is InChI=1S/C23H30O4/c1-22(2,17-24)13-8-14-23(3,19-11-7-12-20(25)15-19)21(26)27-16-18-9-5-4-6-10-18/h4-7,9-12,15,24-25H,8,13-14,16-17H2,1-3H3. The molecule has 2 aromatic rings. The molecule has 0 amide bonds. The highest BCUT2D eigenvalue weighted by Gasteiger charge is 2.37. The summed E-state index contributed by atoms with van der Waals surface area (Å²) in [5, 5.41) is 19.3. The van der Waals surface area contributed by atoms with E-state index in [9.17, 15) is 15.0 Å². The number of phenols is 1. The van der Waals surface area contributed by atoms with Crippen LogP contribution in [0.1, 0.15) is 51.2 Å². The van der Waals surface area contributed by atoms with E-state index in [1.54, 1.807) is 18.2 Å². The topological polar surface area (TPSA) is 66.8 Å². The number of phenolic OH excluding ortho intramolecular Hbond substituents is 1. The van der Waals surface area contributed by atoms with Gasteiger partial charge in [-0.2, -0.15) is 0 Å². The van der Waals surface area contributed by atoms with Gasteiger partial charge in [-0.25, -0.2) is 0 Å². The number of aliphatic hydroxyl groups excluding tert-OH is 1. The Labute approximate surface area is 161 Å². The van der Waals surface area contributed by atoms with E-state index in [1.165, 1.54) is 0 Å². The molecule has 0 saturated heterocycles. The molecule has 1 atom stereocenters. The zero-order valence-electron chi connectivity index (χ0n) is 16.4.